The Balaban J connectivity index is 1.74. The van der Waals surface area contributed by atoms with E-state index in [4.69, 9.17) is 0 Å². The molecule has 3 rings (SSSR count). The summed E-state index contributed by atoms with van der Waals surface area (Å²) in [6, 6.07) is 10.1. The third-order valence-electron chi connectivity index (χ3n) is 3.22. The smallest absolute Gasteiger partial charge is 0.0835 e. The van der Waals surface area contributed by atoms with Crippen LogP contribution in [0.15, 0.2) is 36.5 Å². The zero-order valence-corrected chi connectivity index (χ0v) is 9.71. The van der Waals surface area contributed by atoms with Gasteiger partial charge in [0.15, 0.2) is 0 Å². The van der Waals surface area contributed by atoms with E-state index in [0.717, 1.165) is 36.8 Å². The molecule has 0 bridgehead atoms. The van der Waals surface area contributed by atoms with Crippen LogP contribution in [-0.2, 0) is 6.42 Å². The molecule has 1 N–H and O–H groups in total. The monoisotopic (exact) mass is 228 g/mol. The Morgan fingerprint density at radius 3 is 2.94 bits per heavy atom. The van der Waals surface area contributed by atoms with Gasteiger partial charge in [0, 0.05) is 0 Å². The largest absolute Gasteiger partial charge is 0.316 e. The maximum atomic E-state index is 4.24. The number of para-hydroxylation sites is 1. The van der Waals surface area contributed by atoms with Crippen molar-refractivity contribution in [1.82, 2.24) is 20.3 Å². The zero-order valence-electron chi connectivity index (χ0n) is 9.71. The number of nitrogens with zero attached hydrogens (tertiary/aromatic N) is 3. The molecule has 2 heterocycles. The third-order valence-corrected chi connectivity index (χ3v) is 3.22. The van der Waals surface area contributed by atoms with Crippen molar-refractivity contribution in [2.75, 3.05) is 13.1 Å². The van der Waals surface area contributed by atoms with Gasteiger partial charge in [0.05, 0.1) is 17.6 Å². The van der Waals surface area contributed by atoms with E-state index in [9.17, 15) is 0 Å². The van der Waals surface area contributed by atoms with Gasteiger partial charge < -0.3 is 5.32 Å². The van der Waals surface area contributed by atoms with E-state index in [1.165, 1.54) is 6.42 Å². The lowest BCUT2D eigenvalue weighted by Crippen LogP contribution is -2.10. The standard InChI is InChI=1S/C13H16N4/c1-2-4-13(5-3-1)17-10-12(15-16-17)8-11-6-7-14-9-11/h1-5,10-11,14H,6-9H2. The molecule has 0 saturated carbocycles. The molecule has 88 valence electrons. The topological polar surface area (TPSA) is 42.7 Å². The summed E-state index contributed by atoms with van der Waals surface area (Å²) in [6.45, 7) is 2.25. The van der Waals surface area contributed by atoms with Crippen LogP contribution in [-0.4, -0.2) is 28.1 Å². The second-order valence-corrected chi connectivity index (χ2v) is 4.55. The third kappa shape index (κ3) is 2.36. The van der Waals surface area contributed by atoms with Crippen molar-refractivity contribution in [1.29, 1.82) is 0 Å². The Morgan fingerprint density at radius 1 is 1.29 bits per heavy atom. The first-order valence-electron chi connectivity index (χ1n) is 6.09. The first kappa shape index (κ1) is 10.5. The van der Waals surface area contributed by atoms with Crippen LogP contribution < -0.4 is 5.32 Å². The highest BCUT2D eigenvalue weighted by atomic mass is 15.4. The summed E-state index contributed by atoms with van der Waals surface area (Å²) in [5.74, 6) is 0.718. The molecule has 0 spiro atoms. The summed E-state index contributed by atoms with van der Waals surface area (Å²) >= 11 is 0. The molecule has 1 aromatic carbocycles. The zero-order chi connectivity index (χ0) is 11.5. The van der Waals surface area contributed by atoms with Crippen LogP contribution in [0.3, 0.4) is 0 Å². The first-order chi connectivity index (χ1) is 8.42. The molecule has 0 radical (unpaired) electrons. The van der Waals surface area contributed by atoms with Gasteiger partial charge in [0.25, 0.3) is 0 Å². The van der Waals surface area contributed by atoms with E-state index in [-0.39, 0.29) is 0 Å². The second-order valence-electron chi connectivity index (χ2n) is 4.55. The van der Waals surface area contributed by atoms with Crippen molar-refractivity contribution in [3.63, 3.8) is 0 Å². The molecule has 1 aliphatic heterocycles. The fourth-order valence-corrected chi connectivity index (χ4v) is 2.28. The molecule has 0 aliphatic carbocycles. The number of hydrogen-bond donors (Lipinski definition) is 1. The molecule has 1 fully saturated rings. The number of aromatic nitrogens is 3. The Hall–Kier alpha value is -1.68. The predicted molar refractivity (Wildman–Crippen MR) is 66.0 cm³/mol. The van der Waals surface area contributed by atoms with Gasteiger partial charge in [-0.15, -0.1) is 5.10 Å². The Bertz CT molecular complexity index is 471. The molecule has 1 atom stereocenters. The quantitative estimate of drug-likeness (QED) is 0.864. The molecular weight excluding hydrogens is 212 g/mol. The molecule has 1 unspecified atom stereocenters. The SMILES string of the molecule is c1ccc(-n2cc(CC3CCNC3)nn2)cc1. The fourth-order valence-electron chi connectivity index (χ4n) is 2.28. The molecule has 2 aromatic rings. The predicted octanol–water partition coefficient (Wildman–Crippen LogP) is 1.42. The van der Waals surface area contributed by atoms with Crippen molar-refractivity contribution >= 4 is 0 Å². The molecule has 1 saturated heterocycles. The van der Waals surface area contributed by atoms with Crippen LogP contribution in [0.4, 0.5) is 0 Å². The average Bonchev–Trinajstić information content (AvgIpc) is 3.02. The van der Waals surface area contributed by atoms with Crippen LogP contribution in [0.1, 0.15) is 12.1 Å². The molecular formula is C13H16N4. The number of rotatable bonds is 3. The molecule has 0 amide bonds. The molecule has 1 aliphatic rings. The molecule has 17 heavy (non-hydrogen) atoms. The summed E-state index contributed by atoms with van der Waals surface area (Å²) in [6.07, 6.45) is 4.31. The Morgan fingerprint density at radius 2 is 2.18 bits per heavy atom. The number of nitrogens with one attached hydrogen (secondary N) is 1. The van der Waals surface area contributed by atoms with Gasteiger partial charge in [-0.2, -0.15) is 0 Å². The van der Waals surface area contributed by atoms with Crippen molar-refractivity contribution in [3.8, 4) is 5.69 Å². The average molecular weight is 228 g/mol. The normalized spacial score (nSPS) is 19.6. The van der Waals surface area contributed by atoms with Gasteiger partial charge in [0.2, 0.25) is 0 Å². The number of benzene rings is 1. The highest BCUT2D eigenvalue weighted by molar-refractivity contribution is 5.29. The van der Waals surface area contributed by atoms with E-state index >= 15 is 0 Å². The first-order valence-corrected chi connectivity index (χ1v) is 6.09. The fraction of sp³-hybridized carbons (Fsp3) is 0.385. The van der Waals surface area contributed by atoms with Crippen molar-refractivity contribution in [2.45, 2.75) is 12.8 Å². The van der Waals surface area contributed by atoms with Crippen molar-refractivity contribution in [3.05, 3.63) is 42.2 Å². The second kappa shape index (κ2) is 4.67. The Labute approximate surface area is 101 Å². The lowest BCUT2D eigenvalue weighted by atomic mass is 10.0. The van der Waals surface area contributed by atoms with E-state index in [1.807, 2.05) is 41.2 Å². The minimum Gasteiger partial charge on any atom is -0.316 e. The van der Waals surface area contributed by atoms with E-state index in [2.05, 4.69) is 15.6 Å². The lowest BCUT2D eigenvalue weighted by Gasteiger charge is -2.03. The lowest BCUT2D eigenvalue weighted by molar-refractivity contribution is 0.571. The van der Waals surface area contributed by atoms with E-state index in [1.54, 1.807) is 0 Å². The number of hydrogen-bond acceptors (Lipinski definition) is 3. The molecule has 4 heteroatoms. The van der Waals surface area contributed by atoms with Crippen molar-refractivity contribution in [2.24, 2.45) is 5.92 Å². The van der Waals surface area contributed by atoms with Gasteiger partial charge >= 0.3 is 0 Å². The highest BCUT2D eigenvalue weighted by Gasteiger charge is 2.16. The van der Waals surface area contributed by atoms with Crippen LogP contribution in [0, 0.1) is 5.92 Å². The maximum absolute atomic E-state index is 4.24. The Kier molecular flexibility index (Phi) is 2.88. The minimum absolute atomic E-state index is 0.718. The summed E-state index contributed by atoms with van der Waals surface area (Å²) in [4.78, 5) is 0. The summed E-state index contributed by atoms with van der Waals surface area (Å²) in [7, 11) is 0. The van der Waals surface area contributed by atoms with Gasteiger partial charge in [-0.25, -0.2) is 4.68 Å². The van der Waals surface area contributed by atoms with E-state index in [0.29, 0.717) is 0 Å². The molecule has 1 aromatic heterocycles. The van der Waals surface area contributed by atoms with E-state index < -0.39 is 0 Å². The van der Waals surface area contributed by atoms with Crippen LogP contribution in [0.5, 0.6) is 0 Å². The molecule has 4 nitrogen and oxygen atoms in total. The van der Waals surface area contributed by atoms with Crippen molar-refractivity contribution < 1.29 is 0 Å². The maximum Gasteiger partial charge on any atom is 0.0835 e. The van der Waals surface area contributed by atoms with Crippen LogP contribution in [0.2, 0.25) is 0 Å². The van der Waals surface area contributed by atoms with Gasteiger partial charge in [-0.3, -0.25) is 0 Å². The summed E-state index contributed by atoms with van der Waals surface area (Å²) < 4.78 is 1.84. The van der Waals surface area contributed by atoms with Crippen LogP contribution >= 0.6 is 0 Å². The summed E-state index contributed by atoms with van der Waals surface area (Å²) in [5, 5.41) is 11.8. The minimum atomic E-state index is 0.718. The van der Waals surface area contributed by atoms with Crippen LogP contribution in [0.25, 0.3) is 5.69 Å². The van der Waals surface area contributed by atoms with Gasteiger partial charge in [-0.1, -0.05) is 23.4 Å². The highest BCUT2D eigenvalue weighted by Crippen LogP contribution is 2.14. The van der Waals surface area contributed by atoms with Gasteiger partial charge in [-0.05, 0) is 44.0 Å². The van der Waals surface area contributed by atoms with Gasteiger partial charge in [0.1, 0.15) is 0 Å². The summed E-state index contributed by atoms with van der Waals surface area (Å²) in [5.41, 5.74) is 2.15.